The Hall–Kier alpha value is -3.08. The summed E-state index contributed by atoms with van der Waals surface area (Å²) in [5.74, 6) is -0.954. The van der Waals surface area contributed by atoms with Gasteiger partial charge in [0, 0.05) is 11.7 Å². The van der Waals surface area contributed by atoms with Gasteiger partial charge in [0.05, 0.1) is 5.92 Å². The number of aromatic nitrogens is 1. The van der Waals surface area contributed by atoms with Crippen molar-refractivity contribution in [1.29, 1.82) is 0 Å². The van der Waals surface area contributed by atoms with Crippen LogP contribution in [-0.4, -0.2) is 16.9 Å². The van der Waals surface area contributed by atoms with Crippen molar-refractivity contribution in [2.24, 2.45) is 16.5 Å². The smallest absolute Gasteiger partial charge is 0.256 e. The number of fused-ring (bicyclic) bond motifs is 1. The predicted molar refractivity (Wildman–Crippen MR) is 92.0 cm³/mol. The first-order chi connectivity index (χ1) is 11.1. The number of guanidine groups is 1. The molecule has 0 aliphatic carbocycles. The van der Waals surface area contributed by atoms with E-state index in [0.29, 0.717) is 6.42 Å². The summed E-state index contributed by atoms with van der Waals surface area (Å²) in [7, 11) is 0. The van der Waals surface area contributed by atoms with E-state index in [1.54, 1.807) is 0 Å². The average molecular weight is 306 g/mol. The zero-order valence-electron chi connectivity index (χ0n) is 12.6. The third-order valence-corrected chi connectivity index (χ3v) is 3.80. The standard InChI is InChI=1S/C18H18N4O/c19-18(20)22-17(23)15(13-4-2-1-3-5-13)10-12-6-7-14-8-9-21-16(14)11-12/h1-9,11,15,21H,10H2,(H4,19,20,22,23). The molecule has 5 heteroatoms. The highest BCUT2D eigenvalue weighted by Gasteiger charge is 2.21. The van der Waals surface area contributed by atoms with Gasteiger partial charge < -0.3 is 16.5 Å². The van der Waals surface area contributed by atoms with Crippen molar-refractivity contribution in [2.45, 2.75) is 12.3 Å². The lowest BCUT2D eigenvalue weighted by Crippen LogP contribution is -2.26. The Morgan fingerprint density at radius 2 is 1.87 bits per heavy atom. The number of nitrogens with zero attached hydrogens (tertiary/aromatic N) is 1. The molecule has 1 heterocycles. The molecule has 0 saturated carbocycles. The maximum Gasteiger partial charge on any atom is 0.256 e. The number of carbonyl (C=O) groups excluding carboxylic acids is 1. The first kappa shape index (κ1) is 14.8. The van der Waals surface area contributed by atoms with Crippen LogP contribution in [0.2, 0.25) is 0 Å². The third-order valence-electron chi connectivity index (χ3n) is 3.80. The van der Waals surface area contributed by atoms with Crippen LogP contribution in [0.3, 0.4) is 0 Å². The normalized spacial score (nSPS) is 12.0. The summed E-state index contributed by atoms with van der Waals surface area (Å²) in [4.78, 5) is 19.3. The lowest BCUT2D eigenvalue weighted by molar-refractivity contribution is -0.119. The Morgan fingerprint density at radius 3 is 2.61 bits per heavy atom. The van der Waals surface area contributed by atoms with Crippen molar-refractivity contribution < 1.29 is 4.79 Å². The molecule has 0 fully saturated rings. The molecule has 0 bridgehead atoms. The van der Waals surface area contributed by atoms with Crippen molar-refractivity contribution >= 4 is 22.8 Å². The van der Waals surface area contributed by atoms with E-state index in [1.165, 1.54) is 0 Å². The fourth-order valence-corrected chi connectivity index (χ4v) is 2.70. The van der Waals surface area contributed by atoms with E-state index in [4.69, 9.17) is 11.5 Å². The molecular formula is C18H18N4O. The third kappa shape index (κ3) is 3.40. The lowest BCUT2D eigenvalue weighted by Gasteiger charge is -2.14. The van der Waals surface area contributed by atoms with Gasteiger partial charge in [-0.15, -0.1) is 0 Å². The Kier molecular flexibility index (Phi) is 4.10. The Balaban J connectivity index is 1.94. The number of carbonyl (C=O) groups is 1. The molecule has 5 nitrogen and oxygen atoms in total. The van der Waals surface area contributed by atoms with Crippen LogP contribution in [0.25, 0.3) is 10.9 Å². The Morgan fingerprint density at radius 1 is 1.09 bits per heavy atom. The minimum Gasteiger partial charge on any atom is -0.370 e. The van der Waals surface area contributed by atoms with Crippen LogP contribution in [0.5, 0.6) is 0 Å². The number of amides is 1. The summed E-state index contributed by atoms with van der Waals surface area (Å²) in [6.07, 6.45) is 2.43. The zero-order chi connectivity index (χ0) is 16.2. The van der Waals surface area contributed by atoms with Gasteiger partial charge in [-0.1, -0.05) is 42.5 Å². The fourth-order valence-electron chi connectivity index (χ4n) is 2.70. The summed E-state index contributed by atoms with van der Waals surface area (Å²) in [5.41, 5.74) is 13.7. The molecule has 0 spiro atoms. The molecular weight excluding hydrogens is 288 g/mol. The molecule has 1 aromatic heterocycles. The van der Waals surface area contributed by atoms with Crippen LogP contribution in [0, 0.1) is 0 Å². The van der Waals surface area contributed by atoms with E-state index in [0.717, 1.165) is 22.0 Å². The summed E-state index contributed by atoms with van der Waals surface area (Å²) >= 11 is 0. The van der Waals surface area contributed by atoms with Gasteiger partial charge in [0.1, 0.15) is 0 Å². The summed E-state index contributed by atoms with van der Waals surface area (Å²) in [6.45, 7) is 0. The number of hydrogen-bond acceptors (Lipinski definition) is 1. The highest BCUT2D eigenvalue weighted by Crippen LogP contribution is 2.24. The molecule has 1 atom stereocenters. The van der Waals surface area contributed by atoms with Gasteiger partial charge in [0.2, 0.25) is 0 Å². The van der Waals surface area contributed by atoms with Crippen LogP contribution in [0.1, 0.15) is 17.0 Å². The molecule has 1 unspecified atom stereocenters. The molecule has 0 saturated heterocycles. The Labute approximate surface area is 134 Å². The number of benzene rings is 2. The zero-order valence-corrected chi connectivity index (χ0v) is 12.6. The maximum absolute atomic E-state index is 12.4. The summed E-state index contributed by atoms with van der Waals surface area (Å²) in [5, 5.41) is 1.14. The Bertz CT molecular complexity index is 848. The van der Waals surface area contributed by atoms with Crippen molar-refractivity contribution in [2.75, 3.05) is 0 Å². The van der Waals surface area contributed by atoms with Gasteiger partial charge in [-0.3, -0.25) is 4.79 Å². The van der Waals surface area contributed by atoms with Crippen LogP contribution >= 0.6 is 0 Å². The van der Waals surface area contributed by atoms with Crippen molar-refractivity contribution in [3.8, 4) is 0 Å². The van der Waals surface area contributed by atoms with Gasteiger partial charge in [-0.2, -0.15) is 4.99 Å². The largest absolute Gasteiger partial charge is 0.370 e. The number of H-pyrrole nitrogens is 1. The van der Waals surface area contributed by atoms with Gasteiger partial charge in [-0.25, -0.2) is 0 Å². The summed E-state index contributed by atoms with van der Waals surface area (Å²) < 4.78 is 0. The number of rotatable bonds is 4. The molecule has 5 N–H and O–H groups in total. The van der Waals surface area contributed by atoms with E-state index in [2.05, 4.69) is 9.98 Å². The summed E-state index contributed by atoms with van der Waals surface area (Å²) in [6, 6.07) is 17.7. The molecule has 0 aliphatic heterocycles. The first-order valence-corrected chi connectivity index (χ1v) is 7.38. The monoisotopic (exact) mass is 306 g/mol. The number of aliphatic imine (C=N–C) groups is 1. The fraction of sp³-hybridized carbons (Fsp3) is 0.111. The molecule has 0 radical (unpaired) electrons. The number of nitrogens with one attached hydrogen (secondary N) is 1. The second-order valence-electron chi connectivity index (χ2n) is 5.44. The minimum absolute atomic E-state index is 0.212. The quantitative estimate of drug-likeness (QED) is 0.509. The SMILES string of the molecule is NC(N)=NC(=O)C(Cc1ccc2cc[nH]c2c1)c1ccccc1. The minimum atomic E-state index is -0.411. The van der Waals surface area contributed by atoms with E-state index in [9.17, 15) is 4.79 Å². The van der Waals surface area contributed by atoms with Gasteiger partial charge >= 0.3 is 0 Å². The highest BCUT2D eigenvalue weighted by atomic mass is 16.1. The van der Waals surface area contributed by atoms with Gasteiger partial charge in [0.25, 0.3) is 5.91 Å². The van der Waals surface area contributed by atoms with Crippen LogP contribution in [-0.2, 0) is 11.2 Å². The van der Waals surface area contributed by atoms with Crippen molar-refractivity contribution in [3.63, 3.8) is 0 Å². The molecule has 0 aliphatic rings. The van der Waals surface area contributed by atoms with E-state index in [-0.39, 0.29) is 11.9 Å². The molecule has 3 rings (SSSR count). The van der Waals surface area contributed by atoms with Crippen LogP contribution in [0.15, 0.2) is 65.8 Å². The number of aromatic amines is 1. The average Bonchev–Trinajstić information content (AvgIpc) is 3.00. The predicted octanol–water partition coefficient (Wildman–Crippen LogP) is 2.29. The molecule has 116 valence electrons. The second-order valence-corrected chi connectivity index (χ2v) is 5.44. The molecule has 1 amide bonds. The van der Waals surface area contributed by atoms with Crippen LogP contribution < -0.4 is 11.5 Å². The maximum atomic E-state index is 12.4. The van der Waals surface area contributed by atoms with E-state index in [1.807, 2.05) is 60.8 Å². The van der Waals surface area contributed by atoms with Crippen molar-refractivity contribution in [1.82, 2.24) is 4.98 Å². The van der Waals surface area contributed by atoms with Gasteiger partial charge in [-0.05, 0) is 35.1 Å². The second kappa shape index (κ2) is 6.36. The molecule has 2 aromatic carbocycles. The topological polar surface area (TPSA) is 97.3 Å². The lowest BCUT2D eigenvalue weighted by atomic mass is 9.91. The molecule has 3 aromatic rings. The van der Waals surface area contributed by atoms with E-state index >= 15 is 0 Å². The number of nitrogens with two attached hydrogens (primary N) is 2. The highest BCUT2D eigenvalue weighted by molar-refractivity contribution is 5.95. The van der Waals surface area contributed by atoms with E-state index < -0.39 is 5.92 Å². The van der Waals surface area contributed by atoms with Crippen molar-refractivity contribution in [3.05, 3.63) is 71.9 Å². The van der Waals surface area contributed by atoms with Gasteiger partial charge in [0.15, 0.2) is 5.96 Å². The number of hydrogen-bond donors (Lipinski definition) is 3. The van der Waals surface area contributed by atoms with Crippen LogP contribution in [0.4, 0.5) is 0 Å². The molecule has 23 heavy (non-hydrogen) atoms. The first-order valence-electron chi connectivity index (χ1n) is 7.38.